The predicted octanol–water partition coefficient (Wildman–Crippen LogP) is 3.09. The molecule has 1 heteroatoms. The minimum atomic E-state index is -0.0844. The molecule has 1 aromatic rings. The second-order valence-electron chi connectivity index (χ2n) is 4.86. The smallest absolute Gasteiger partial charge is 0.0546 e. The van der Waals surface area contributed by atoms with E-state index in [1.807, 2.05) is 0 Å². The molecule has 0 spiro atoms. The lowest BCUT2D eigenvalue weighted by atomic mass is 10.0. The van der Waals surface area contributed by atoms with Crippen LogP contribution in [0.5, 0.6) is 0 Å². The van der Waals surface area contributed by atoms with Crippen LogP contribution in [0.4, 0.5) is 0 Å². The third-order valence-corrected chi connectivity index (χ3v) is 3.19. The molecule has 0 heterocycles. The van der Waals surface area contributed by atoms with Gasteiger partial charge in [0.2, 0.25) is 0 Å². The summed E-state index contributed by atoms with van der Waals surface area (Å²) < 4.78 is 0. The van der Waals surface area contributed by atoms with Crippen LogP contribution in [0, 0.1) is 12.8 Å². The van der Waals surface area contributed by atoms with Gasteiger partial charge in [0.1, 0.15) is 0 Å². The summed E-state index contributed by atoms with van der Waals surface area (Å²) in [5.74, 6) is 0.831. The Morgan fingerprint density at radius 1 is 1.27 bits per heavy atom. The van der Waals surface area contributed by atoms with Gasteiger partial charge < -0.3 is 5.11 Å². The van der Waals surface area contributed by atoms with Gasteiger partial charge in [0, 0.05) is 0 Å². The topological polar surface area (TPSA) is 20.2 Å². The zero-order valence-corrected chi connectivity index (χ0v) is 9.45. The molecule has 0 bridgehead atoms. The normalized spacial score (nSPS) is 17.7. The van der Waals surface area contributed by atoms with E-state index in [1.165, 1.54) is 24.0 Å². The summed E-state index contributed by atoms with van der Waals surface area (Å²) in [5.41, 5.74) is 2.65. The van der Waals surface area contributed by atoms with Crippen molar-refractivity contribution in [3.8, 4) is 0 Å². The summed E-state index contributed by atoms with van der Waals surface area (Å²) in [6, 6.07) is 8.61. The molecule has 1 atom stereocenters. The van der Waals surface area contributed by atoms with Gasteiger partial charge in [-0.3, -0.25) is 0 Å². The quantitative estimate of drug-likeness (QED) is 0.781. The lowest BCUT2D eigenvalue weighted by Gasteiger charge is -2.09. The Balaban J connectivity index is 1.74. The highest BCUT2D eigenvalue weighted by atomic mass is 16.3. The second-order valence-corrected chi connectivity index (χ2v) is 4.86. The third kappa shape index (κ3) is 3.67. The van der Waals surface area contributed by atoms with Gasteiger partial charge in [-0.1, -0.05) is 42.7 Å². The predicted molar refractivity (Wildman–Crippen MR) is 62.8 cm³/mol. The van der Waals surface area contributed by atoms with Gasteiger partial charge in [0.25, 0.3) is 0 Å². The van der Waals surface area contributed by atoms with Crippen molar-refractivity contribution in [3.05, 3.63) is 35.4 Å². The van der Waals surface area contributed by atoms with Crippen LogP contribution in [0.2, 0.25) is 0 Å². The second kappa shape index (κ2) is 4.80. The Kier molecular flexibility index (Phi) is 3.42. The van der Waals surface area contributed by atoms with Crippen molar-refractivity contribution in [2.75, 3.05) is 0 Å². The van der Waals surface area contributed by atoms with Crippen LogP contribution < -0.4 is 0 Å². The average Bonchev–Trinajstić information content (AvgIpc) is 3.01. The molecule has 1 N–H and O–H groups in total. The van der Waals surface area contributed by atoms with Gasteiger partial charge in [-0.15, -0.1) is 0 Å². The first-order valence-electron chi connectivity index (χ1n) is 5.97. The zero-order valence-electron chi connectivity index (χ0n) is 9.45. The first kappa shape index (κ1) is 10.7. The van der Waals surface area contributed by atoms with E-state index < -0.39 is 0 Å². The average molecular weight is 204 g/mol. The highest BCUT2D eigenvalue weighted by Gasteiger charge is 2.24. The van der Waals surface area contributed by atoms with E-state index in [0.29, 0.717) is 0 Å². The van der Waals surface area contributed by atoms with Gasteiger partial charge in [-0.25, -0.2) is 0 Å². The Morgan fingerprint density at radius 2 is 1.93 bits per heavy atom. The van der Waals surface area contributed by atoms with Gasteiger partial charge in [-0.2, -0.15) is 0 Å². The molecular weight excluding hydrogens is 184 g/mol. The maximum absolute atomic E-state index is 9.78. The molecular formula is C14H20O. The van der Waals surface area contributed by atoms with Crippen LogP contribution in [-0.4, -0.2) is 11.2 Å². The van der Waals surface area contributed by atoms with E-state index in [2.05, 4.69) is 31.2 Å². The minimum absolute atomic E-state index is 0.0844. The number of rotatable bonds is 5. The Bertz CT molecular complexity index is 298. The maximum Gasteiger partial charge on any atom is 0.0546 e. The van der Waals surface area contributed by atoms with Crippen LogP contribution in [0.15, 0.2) is 24.3 Å². The lowest BCUT2D eigenvalue weighted by Crippen LogP contribution is -2.08. The fourth-order valence-corrected chi connectivity index (χ4v) is 1.94. The summed E-state index contributed by atoms with van der Waals surface area (Å²) in [7, 11) is 0. The van der Waals surface area contributed by atoms with Crippen molar-refractivity contribution in [2.45, 2.75) is 45.1 Å². The third-order valence-electron chi connectivity index (χ3n) is 3.19. The molecule has 0 amide bonds. The van der Waals surface area contributed by atoms with Crippen molar-refractivity contribution in [3.63, 3.8) is 0 Å². The molecule has 1 aromatic carbocycles. The van der Waals surface area contributed by atoms with Crippen LogP contribution in [0.25, 0.3) is 0 Å². The van der Waals surface area contributed by atoms with E-state index in [9.17, 15) is 5.11 Å². The lowest BCUT2D eigenvalue weighted by molar-refractivity contribution is 0.148. The van der Waals surface area contributed by atoms with Gasteiger partial charge >= 0.3 is 0 Å². The van der Waals surface area contributed by atoms with Gasteiger partial charge in [-0.05, 0) is 37.7 Å². The summed E-state index contributed by atoms with van der Waals surface area (Å²) in [4.78, 5) is 0. The van der Waals surface area contributed by atoms with E-state index in [0.717, 1.165) is 25.2 Å². The van der Waals surface area contributed by atoms with Gasteiger partial charge in [0.05, 0.1) is 6.10 Å². The molecule has 1 nitrogen and oxygen atoms in total. The number of aryl methyl sites for hydroxylation is 2. The van der Waals surface area contributed by atoms with E-state index in [-0.39, 0.29) is 6.10 Å². The van der Waals surface area contributed by atoms with Crippen molar-refractivity contribution in [1.29, 1.82) is 0 Å². The summed E-state index contributed by atoms with van der Waals surface area (Å²) in [6.07, 6.45) is 5.53. The molecule has 0 aromatic heterocycles. The number of hydrogen-bond acceptors (Lipinski definition) is 1. The van der Waals surface area contributed by atoms with Gasteiger partial charge in [0.15, 0.2) is 0 Å². The summed E-state index contributed by atoms with van der Waals surface area (Å²) in [5, 5.41) is 9.78. The van der Waals surface area contributed by atoms with Crippen LogP contribution in [0.1, 0.15) is 36.8 Å². The Morgan fingerprint density at radius 3 is 2.53 bits per heavy atom. The molecule has 82 valence electrons. The molecule has 1 fully saturated rings. The molecule has 0 saturated heterocycles. The molecule has 2 rings (SSSR count). The molecule has 0 radical (unpaired) electrons. The van der Waals surface area contributed by atoms with E-state index >= 15 is 0 Å². The van der Waals surface area contributed by atoms with Crippen molar-refractivity contribution >= 4 is 0 Å². The molecule has 0 aliphatic heterocycles. The fraction of sp³-hybridized carbons (Fsp3) is 0.571. The number of hydrogen-bond donors (Lipinski definition) is 1. The highest BCUT2D eigenvalue weighted by Crippen LogP contribution is 2.34. The fourth-order valence-electron chi connectivity index (χ4n) is 1.94. The maximum atomic E-state index is 9.78. The largest absolute Gasteiger partial charge is 0.393 e. The molecule has 1 saturated carbocycles. The molecule has 15 heavy (non-hydrogen) atoms. The van der Waals surface area contributed by atoms with Crippen molar-refractivity contribution in [1.82, 2.24) is 0 Å². The van der Waals surface area contributed by atoms with Crippen molar-refractivity contribution in [2.24, 2.45) is 5.92 Å². The number of aliphatic hydroxyl groups is 1. The highest BCUT2D eigenvalue weighted by molar-refractivity contribution is 5.21. The summed E-state index contributed by atoms with van der Waals surface area (Å²) in [6.45, 7) is 2.10. The SMILES string of the molecule is Cc1ccc(CCC(O)CC2CC2)cc1. The minimum Gasteiger partial charge on any atom is -0.393 e. The van der Waals surface area contributed by atoms with Crippen LogP contribution in [-0.2, 0) is 6.42 Å². The van der Waals surface area contributed by atoms with E-state index in [1.54, 1.807) is 0 Å². The van der Waals surface area contributed by atoms with Crippen LogP contribution in [0.3, 0.4) is 0 Å². The Labute approximate surface area is 92.1 Å². The zero-order chi connectivity index (χ0) is 10.7. The van der Waals surface area contributed by atoms with Crippen LogP contribution >= 0.6 is 0 Å². The van der Waals surface area contributed by atoms with E-state index in [4.69, 9.17) is 0 Å². The Hall–Kier alpha value is -0.820. The molecule has 1 unspecified atom stereocenters. The number of benzene rings is 1. The molecule has 1 aliphatic rings. The first-order valence-corrected chi connectivity index (χ1v) is 5.97. The summed E-state index contributed by atoms with van der Waals surface area (Å²) >= 11 is 0. The monoisotopic (exact) mass is 204 g/mol. The van der Waals surface area contributed by atoms with Crippen molar-refractivity contribution < 1.29 is 5.11 Å². The molecule has 1 aliphatic carbocycles. The standard InChI is InChI=1S/C14H20O/c1-11-2-4-12(5-3-11)8-9-14(15)10-13-6-7-13/h2-5,13-15H,6-10H2,1H3. The number of aliphatic hydroxyl groups excluding tert-OH is 1. The first-order chi connectivity index (χ1) is 7.24.